The third-order valence-electron chi connectivity index (χ3n) is 16.0. The molecule has 0 fully saturated rings. The lowest BCUT2D eigenvalue weighted by Crippen LogP contribution is -2.44. The average Bonchev–Trinajstić information content (AvgIpc) is 1.16. The van der Waals surface area contributed by atoms with Crippen LogP contribution in [0.2, 0.25) is 0 Å². The minimum absolute atomic E-state index is 0.133. The number of aliphatic carboxylic acids is 1. The Bertz CT molecular complexity index is 2390. The maximum Gasteiger partial charge on any atom is 0.306 e. The molecular formula is C90H143NO8. The zero-order valence-electron chi connectivity index (χ0n) is 63.5. The SMILES string of the molecule is CC/C=C\C/C=C\C/C=C\C/C=C\C/C=C\C/C=C\C/C=C\C/C=C\C/C=C\C/C=C\CCCCCCC(=O)OC(COC(=O)CCCCCCCCCCCCCCCCCCC/C=C\C/C=C\C/C=C\C/C=C\C/C=C\C/C=C\C/C=C\CC)COC(OCC[N+](C)(C)C)C(=O)[O-]. The molecule has 0 aliphatic rings. The van der Waals surface area contributed by atoms with Crippen LogP contribution in [0.4, 0.5) is 0 Å². The molecule has 0 aromatic heterocycles. The van der Waals surface area contributed by atoms with Gasteiger partial charge in [-0.1, -0.05) is 330 Å². The van der Waals surface area contributed by atoms with Crippen molar-refractivity contribution >= 4 is 17.9 Å². The molecule has 0 amide bonds. The zero-order valence-corrected chi connectivity index (χ0v) is 63.5. The highest BCUT2D eigenvalue weighted by atomic mass is 16.7. The predicted octanol–water partition coefficient (Wildman–Crippen LogP) is 24.1. The molecule has 0 bridgehead atoms. The maximum absolute atomic E-state index is 13.0. The van der Waals surface area contributed by atoms with Gasteiger partial charge in [-0.15, -0.1) is 0 Å². The number of carboxylic acid groups (broad SMARTS) is 1. The number of quaternary nitrogens is 1. The van der Waals surface area contributed by atoms with Crippen LogP contribution in [0, 0.1) is 0 Å². The van der Waals surface area contributed by atoms with Crippen LogP contribution in [-0.4, -0.2) is 82.3 Å². The second kappa shape index (κ2) is 77.6. The summed E-state index contributed by atoms with van der Waals surface area (Å²) >= 11 is 0. The molecule has 0 aliphatic carbocycles. The summed E-state index contributed by atoms with van der Waals surface area (Å²) in [5.41, 5.74) is 0. The van der Waals surface area contributed by atoms with Crippen LogP contribution >= 0.6 is 0 Å². The number of ether oxygens (including phenoxy) is 4. The molecule has 0 N–H and O–H groups in total. The standard InChI is InChI=1S/C90H143NO8/c1-6-8-10-12-14-16-18-20-22-24-26-28-30-32-34-36-38-40-42-43-44-45-47-48-50-52-54-56-58-60-62-64-66-68-70-72-74-76-78-80-87(92)97-84-86(85-98-90(89(94)95)96-83-82-91(3,4)5)99-88(93)81-79-77-75-73-71-69-67-65-63-61-59-57-55-53-51-49-46-41-39-37-35-33-31-29-27-25-23-21-19-17-15-13-11-9-7-2/h8-11,14-17,20-23,26-29,32-35,38-41,43-44,49,51,55,57,61,63,67,69,86,90H,6-7,12-13,18-19,24-25,30-31,36-37,42,45-48,50,52-54,56,58-60,62,64-66,68,70-85H2,1-5H3/b10-8-,11-9-,16-14-,17-15-,22-20-,23-21-,28-26-,29-27-,34-32-,35-33-,40-38-,41-39-,44-43-,51-49-,57-55-,63-61-,69-67-. The Morgan fingerprint density at radius 1 is 0.303 bits per heavy atom. The van der Waals surface area contributed by atoms with E-state index in [9.17, 15) is 19.5 Å². The second-order valence-electron chi connectivity index (χ2n) is 26.5. The Kier molecular flexibility index (Phi) is 72.8. The lowest BCUT2D eigenvalue weighted by Gasteiger charge is -2.26. The number of esters is 2. The van der Waals surface area contributed by atoms with E-state index in [1.165, 1.54) is 96.3 Å². The summed E-state index contributed by atoms with van der Waals surface area (Å²) in [6.07, 6.45) is 118. The number of carbonyl (C=O) groups excluding carboxylic acids is 3. The Morgan fingerprint density at radius 3 is 0.808 bits per heavy atom. The molecule has 0 saturated carbocycles. The highest BCUT2D eigenvalue weighted by Gasteiger charge is 2.22. The lowest BCUT2D eigenvalue weighted by molar-refractivity contribution is -0.870. The van der Waals surface area contributed by atoms with Crippen LogP contribution in [0.3, 0.4) is 0 Å². The van der Waals surface area contributed by atoms with Gasteiger partial charge in [0.15, 0.2) is 12.4 Å². The quantitative estimate of drug-likeness (QED) is 0.0195. The van der Waals surface area contributed by atoms with Gasteiger partial charge in [0.05, 0.1) is 40.3 Å². The number of hydrogen-bond donors (Lipinski definition) is 0. The normalized spacial score (nSPS) is 13.8. The zero-order chi connectivity index (χ0) is 71.8. The molecule has 0 radical (unpaired) electrons. The Hall–Kier alpha value is -6.13. The molecule has 2 unspecified atom stereocenters. The van der Waals surface area contributed by atoms with E-state index < -0.39 is 24.3 Å². The molecule has 2 atom stereocenters. The third-order valence-corrected chi connectivity index (χ3v) is 16.0. The van der Waals surface area contributed by atoms with Crippen LogP contribution in [0.25, 0.3) is 0 Å². The smallest absolute Gasteiger partial charge is 0.306 e. The van der Waals surface area contributed by atoms with Crippen LogP contribution in [0.15, 0.2) is 207 Å². The van der Waals surface area contributed by atoms with Gasteiger partial charge < -0.3 is 33.3 Å². The van der Waals surface area contributed by atoms with Crippen molar-refractivity contribution in [3.63, 3.8) is 0 Å². The number of carbonyl (C=O) groups is 3. The Morgan fingerprint density at radius 2 is 0.545 bits per heavy atom. The highest BCUT2D eigenvalue weighted by molar-refractivity contribution is 5.70. The van der Waals surface area contributed by atoms with E-state index >= 15 is 0 Å². The summed E-state index contributed by atoms with van der Waals surface area (Å²) in [6, 6.07) is 0. The van der Waals surface area contributed by atoms with Gasteiger partial charge in [0.1, 0.15) is 13.2 Å². The summed E-state index contributed by atoms with van der Waals surface area (Å²) < 4.78 is 22.8. The molecule has 0 spiro atoms. The molecule has 0 saturated heterocycles. The van der Waals surface area contributed by atoms with Crippen molar-refractivity contribution in [3.05, 3.63) is 207 Å². The van der Waals surface area contributed by atoms with Crippen molar-refractivity contribution in [1.29, 1.82) is 0 Å². The largest absolute Gasteiger partial charge is 0.545 e. The van der Waals surface area contributed by atoms with Gasteiger partial charge in [-0.25, -0.2) is 0 Å². The van der Waals surface area contributed by atoms with E-state index in [0.717, 1.165) is 154 Å². The Balaban J connectivity index is 4.16. The molecule has 9 heteroatoms. The van der Waals surface area contributed by atoms with Gasteiger partial charge in [-0.2, -0.15) is 0 Å². The number of allylic oxidation sites excluding steroid dienone is 34. The lowest BCUT2D eigenvalue weighted by atomic mass is 10.0. The molecule has 0 rings (SSSR count). The van der Waals surface area contributed by atoms with Crippen LogP contribution in [-0.2, 0) is 33.3 Å². The van der Waals surface area contributed by atoms with Gasteiger partial charge in [0.2, 0.25) is 0 Å². The van der Waals surface area contributed by atoms with Crippen molar-refractivity contribution in [2.75, 3.05) is 47.5 Å². The van der Waals surface area contributed by atoms with Gasteiger partial charge in [0.25, 0.3) is 0 Å². The van der Waals surface area contributed by atoms with Gasteiger partial charge in [-0.3, -0.25) is 9.59 Å². The number of unbranched alkanes of at least 4 members (excludes halogenated alkanes) is 21. The fourth-order valence-corrected chi connectivity index (χ4v) is 10.1. The fourth-order valence-electron chi connectivity index (χ4n) is 10.1. The van der Waals surface area contributed by atoms with Crippen LogP contribution < -0.4 is 5.11 Å². The van der Waals surface area contributed by atoms with Crippen molar-refractivity contribution in [1.82, 2.24) is 0 Å². The minimum Gasteiger partial charge on any atom is -0.545 e. The fraction of sp³-hybridized carbons (Fsp3) is 0.589. The minimum atomic E-state index is -1.64. The monoisotopic (exact) mass is 1370 g/mol. The summed E-state index contributed by atoms with van der Waals surface area (Å²) in [7, 11) is 5.91. The molecule has 0 aliphatic heterocycles. The van der Waals surface area contributed by atoms with E-state index in [4.69, 9.17) is 18.9 Å². The first-order valence-electron chi connectivity index (χ1n) is 39.2. The summed E-state index contributed by atoms with van der Waals surface area (Å²) in [4.78, 5) is 37.6. The van der Waals surface area contributed by atoms with E-state index in [0.29, 0.717) is 17.4 Å². The number of carboxylic acids is 1. The van der Waals surface area contributed by atoms with Crippen LogP contribution in [0.1, 0.15) is 284 Å². The highest BCUT2D eigenvalue weighted by Crippen LogP contribution is 2.16. The van der Waals surface area contributed by atoms with Gasteiger partial charge >= 0.3 is 11.9 Å². The predicted molar refractivity (Wildman–Crippen MR) is 425 cm³/mol. The van der Waals surface area contributed by atoms with E-state index in [1.54, 1.807) is 0 Å². The first-order chi connectivity index (χ1) is 48.6. The molecule has 99 heavy (non-hydrogen) atoms. The molecule has 0 heterocycles. The van der Waals surface area contributed by atoms with Crippen molar-refractivity contribution in [3.8, 4) is 0 Å². The van der Waals surface area contributed by atoms with Crippen molar-refractivity contribution < 1.29 is 42.9 Å². The molecule has 0 aromatic carbocycles. The van der Waals surface area contributed by atoms with Crippen LogP contribution in [0.5, 0.6) is 0 Å². The van der Waals surface area contributed by atoms with Gasteiger partial charge in [-0.05, 0) is 148 Å². The van der Waals surface area contributed by atoms with E-state index in [2.05, 4.69) is 220 Å². The topological polar surface area (TPSA) is 111 Å². The molecule has 0 aromatic rings. The number of hydrogen-bond acceptors (Lipinski definition) is 8. The Labute approximate surface area is 607 Å². The maximum atomic E-state index is 13.0. The van der Waals surface area contributed by atoms with Crippen molar-refractivity contribution in [2.24, 2.45) is 0 Å². The summed E-state index contributed by atoms with van der Waals surface area (Å²) in [5, 5.41) is 11.9. The molecule has 9 nitrogen and oxygen atoms in total. The number of likely N-dealkylation sites (N-methyl/N-ethyl adjacent to an activating group) is 1. The number of rotatable bonds is 70. The van der Waals surface area contributed by atoms with E-state index in [-0.39, 0.29) is 38.6 Å². The van der Waals surface area contributed by atoms with E-state index in [1.807, 2.05) is 21.1 Å². The molecular weight excluding hydrogens is 1220 g/mol. The molecule has 556 valence electrons. The average molecular weight is 1370 g/mol. The van der Waals surface area contributed by atoms with Crippen molar-refractivity contribution in [2.45, 2.75) is 296 Å². The summed E-state index contributed by atoms with van der Waals surface area (Å²) in [6.45, 7) is 4.48. The van der Waals surface area contributed by atoms with Gasteiger partial charge in [0, 0.05) is 12.8 Å². The number of nitrogens with zero attached hydrogens (tertiary/aromatic N) is 1. The summed E-state index contributed by atoms with van der Waals surface area (Å²) in [5.74, 6) is -2.33. The first-order valence-corrected chi connectivity index (χ1v) is 39.2. The third kappa shape index (κ3) is 79.1. The first kappa shape index (κ1) is 92.9. The second-order valence-corrected chi connectivity index (χ2v) is 26.5.